The molecule has 2 fully saturated rings. The maximum Gasteiger partial charge on any atom is 0.234 e. The van der Waals surface area contributed by atoms with Crippen LogP contribution in [0.4, 0.5) is 0 Å². The number of aryl methyl sites for hydroxylation is 1. The van der Waals surface area contributed by atoms with Crippen molar-refractivity contribution in [2.45, 2.75) is 59.0 Å². The number of rotatable bonds is 5. The highest BCUT2D eigenvalue weighted by molar-refractivity contribution is 5.78. The molecule has 2 aliphatic heterocycles. The molecule has 5 nitrogen and oxygen atoms in total. The number of hydrogen-bond acceptors (Lipinski definition) is 3. The van der Waals surface area contributed by atoms with Crippen LogP contribution < -0.4 is 5.32 Å². The number of piperidine rings is 2. The van der Waals surface area contributed by atoms with Gasteiger partial charge in [0.1, 0.15) is 0 Å². The Hall–Kier alpha value is -1.88. The van der Waals surface area contributed by atoms with E-state index in [0.29, 0.717) is 19.5 Å². The molecule has 2 saturated heterocycles. The molecule has 0 aromatic heterocycles. The van der Waals surface area contributed by atoms with Crippen molar-refractivity contribution < 1.29 is 9.59 Å². The van der Waals surface area contributed by atoms with Gasteiger partial charge >= 0.3 is 0 Å². The highest BCUT2D eigenvalue weighted by Crippen LogP contribution is 2.39. The number of amides is 2. The Labute approximate surface area is 163 Å². The van der Waals surface area contributed by atoms with Gasteiger partial charge in [-0.2, -0.15) is 0 Å². The van der Waals surface area contributed by atoms with Crippen LogP contribution >= 0.6 is 0 Å². The fourth-order valence-electron chi connectivity index (χ4n) is 4.55. The molecule has 2 heterocycles. The minimum Gasteiger partial charge on any atom is -0.351 e. The Bertz CT molecular complexity index is 688. The maximum atomic E-state index is 12.5. The van der Waals surface area contributed by atoms with Crippen LogP contribution in [0.3, 0.4) is 0 Å². The SMILES string of the molecule is Cc1ccccc1CNC(=O)CN1CCC[C@]2(CCC(=O)N(C(C)C)C2)C1. The molecule has 1 spiro atoms. The molecule has 1 aromatic rings. The predicted molar refractivity (Wildman–Crippen MR) is 107 cm³/mol. The second-order valence-electron chi connectivity index (χ2n) is 8.63. The summed E-state index contributed by atoms with van der Waals surface area (Å²) in [6.45, 7) is 10.0. The van der Waals surface area contributed by atoms with Gasteiger partial charge in [-0.15, -0.1) is 0 Å². The van der Waals surface area contributed by atoms with Crippen molar-refractivity contribution >= 4 is 11.8 Å². The van der Waals surface area contributed by atoms with Crippen molar-refractivity contribution in [2.24, 2.45) is 5.41 Å². The molecule has 2 amide bonds. The first-order valence-electron chi connectivity index (χ1n) is 10.2. The molecule has 0 saturated carbocycles. The van der Waals surface area contributed by atoms with Gasteiger partial charge in [-0.05, 0) is 57.7 Å². The molecule has 0 aliphatic carbocycles. The molecular weight excluding hydrogens is 338 g/mol. The number of nitrogens with one attached hydrogen (secondary N) is 1. The second kappa shape index (κ2) is 8.42. The quantitative estimate of drug-likeness (QED) is 0.866. The second-order valence-corrected chi connectivity index (χ2v) is 8.63. The summed E-state index contributed by atoms with van der Waals surface area (Å²) in [5.74, 6) is 0.367. The van der Waals surface area contributed by atoms with Crippen LogP contribution in [-0.4, -0.2) is 53.8 Å². The normalized spacial score (nSPS) is 23.9. The van der Waals surface area contributed by atoms with Crippen LogP contribution in [0.15, 0.2) is 24.3 Å². The van der Waals surface area contributed by atoms with E-state index in [1.807, 2.05) is 17.0 Å². The van der Waals surface area contributed by atoms with Crippen molar-refractivity contribution in [2.75, 3.05) is 26.2 Å². The minimum atomic E-state index is 0.0860. The molecule has 0 bridgehead atoms. The molecule has 0 unspecified atom stereocenters. The highest BCUT2D eigenvalue weighted by Gasteiger charge is 2.42. The summed E-state index contributed by atoms with van der Waals surface area (Å²) in [5.41, 5.74) is 2.53. The molecule has 1 N–H and O–H groups in total. The Morgan fingerprint density at radius 3 is 2.74 bits per heavy atom. The van der Waals surface area contributed by atoms with E-state index in [-0.39, 0.29) is 23.3 Å². The molecular formula is C22H33N3O2. The van der Waals surface area contributed by atoms with Gasteiger partial charge in [0.05, 0.1) is 6.54 Å². The first-order valence-corrected chi connectivity index (χ1v) is 10.2. The third-order valence-corrected chi connectivity index (χ3v) is 6.16. The van der Waals surface area contributed by atoms with E-state index in [1.54, 1.807) is 0 Å². The number of nitrogens with zero attached hydrogens (tertiary/aromatic N) is 2. The lowest BCUT2D eigenvalue weighted by Gasteiger charge is -2.49. The van der Waals surface area contributed by atoms with E-state index in [9.17, 15) is 9.59 Å². The van der Waals surface area contributed by atoms with E-state index < -0.39 is 0 Å². The third kappa shape index (κ3) is 4.89. The molecule has 27 heavy (non-hydrogen) atoms. The Morgan fingerprint density at radius 2 is 2.00 bits per heavy atom. The summed E-state index contributed by atoms with van der Waals surface area (Å²) in [4.78, 5) is 29.0. The van der Waals surface area contributed by atoms with E-state index in [4.69, 9.17) is 0 Å². The van der Waals surface area contributed by atoms with Crippen LogP contribution in [0.5, 0.6) is 0 Å². The minimum absolute atomic E-state index is 0.0860. The van der Waals surface area contributed by atoms with Crippen molar-refractivity contribution in [1.29, 1.82) is 0 Å². The number of carbonyl (C=O) groups excluding carboxylic acids is 2. The van der Waals surface area contributed by atoms with Gasteiger partial charge in [-0.3, -0.25) is 14.5 Å². The molecule has 2 aliphatic rings. The highest BCUT2D eigenvalue weighted by atomic mass is 16.2. The van der Waals surface area contributed by atoms with E-state index in [0.717, 1.165) is 38.9 Å². The average molecular weight is 372 g/mol. The molecule has 1 atom stereocenters. The van der Waals surface area contributed by atoms with Crippen LogP contribution in [0, 0.1) is 12.3 Å². The van der Waals surface area contributed by atoms with Gasteiger partial charge in [0.2, 0.25) is 11.8 Å². The fraction of sp³-hybridized carbons (Fsp3) is 0.636. The Kier molecular flexibility index (Phi) is 6.20. The van der Waals surface area contributed by atoms with E-state index in [2.05, 4.69) is 43.1 Å². The monoisotopic (exact) mass is 371 g/mol. The average Bonchev–Trinajstić information content (AvgIpc) is 2.63. The number of hydrogen-bond donors (Lipinski definition) is 1. The van der Waals surface area contributed by atoms with Crippen molar-refractivity contribution in [3.8, 4) is 0 Å². The summed E-state index contributed by atoms with van der Waals surface area (Å²) in [6.07, 6.45) is 3.86. The molecule has 148 valence electrons. The van der Waals surface area contributed by atoms with Crippen molar-refractivity contribution in [3.05, 3.63) is 35.4 Å². The predicted octanol–water partition coefficient (Wildman–Crippen LogP) is 2.72. The number of likely N-dealkylation sites (tertiary alicyclic amines) is 2. The first kappa shape index (κ1) is 19.9. The third-order valence-electron chi connectivity index (χ3n) is 6.16. The Balaban J connectivity index is 1.54. The van der Waals surface area contributed by atoms with Crippen LogP contribution in [0.25, 0.3) is 0 Å². The summed E-state index contributed by atoms with van der Waals surface area (Å²) in [5, 5.41) is 3.07. The zero-order valence-electron chi connectivity index (χ0n) is 17.0. The topological polar surface area (TPSA) is 52.7 Å². The standard InChI is InChI=1S/C22H33N3O2/c1-17(2)25-16-22(11-9-21(25)27)10-6-12-24(15-22)14-20(26)23-13-19-8-5-4-7-18(19)3/h4-5,7-8,17H,6,9-16H2,1-3H3,(H,23,26)/t22-/m0/s1. The summed E-state index contributed by atoms with van der Waals surface area (Å²) < 4.78 is 0. The number of benzene rings is 1. The zero-order chi connectivity index (χ0) is 19.4. The smallest absolute Gasteiger partial charge is 0.234 e. The van der Waals surface area contributed by atoms with E-state index in [1.165, 1.54) is 11.1 Å². The maximum absolute atomic E-state index is 12.5. The summed E-state index contributed by atoms with van der Waals surface area (Å²) in [6, 6.07) is 8.41. The Morgan fingerprint density at radius 1 is 1.22 bits per heavy atom. The lowest BCUT2D eigenvalue weighted by Crippen LogP contribution is -2.56. The van der Waals surface area contributed by atoms with Gasteiger partial charge in [-0.1, -0.05) is 24.3 Å². The molecule has 3 rings (SSSR count). The van der Waals surface area contributed by atoms with Crippen molar-refractivity contribution in [1.82, 2.24) is 15.1 Å². The summed E-state index contributed by atoms with van der Waals surface area (Å²) >= 11 is 0. The molecule has 5 heteroatoms. The lowest BCUT2D eigenvalue weighted by atomic mass is 9.73. The fourth-order valence-corrected chi connectivity index (χ4v) is 4.55. The zero-order valence-corrected chi connectivity index (χ0v) is 17.0. The lowest BCUT2D eigenvalue weighted by molar-refractivity contribution is -0.142. The summed E-state index contributed by atoms with van der Waals surface area (Å²) in [7, 11) is 0. The van der Waals surface area contributed by atoms with Crippen LogP contribution in [0.2, 0.25) is 0 Å². The largest absolute Gasteiger partial charge is 0.351 e. The molecule has 0 radical (unpaired) electrons. The van der Waals surface area contributed by atoms with E-state index >= 15 is 0 Å². The van der Waals surface area contributed by atoms with Gasteiger partial charge in [0, 0.05) is 37.5 Å². The van der Waals surface area contributed by atoms with Gasteiger partial charge < -0.3 is 10.2 Å². The first-order chi connectivity index (χ1) is 12.9. The molecule has 1 aromatic carbocycles. The van der Waals surface area contributed by atoms with Crippen LogP contribution in [0.1, 0.15) is 50.7 Å². The van der Waals surface area contributed by atoms with Crippen molar-refractivity contribution in [3.63, 3.8) is 0 Å². The van der Waals surface area contributed by atoms with Crippen LogP contribution in [-0.2, 0) is 16.1 Å². The number of carbonyl (C=O) groups is 2. The van der Waals surface area contributed by atoms with Gasteiger partial charge in [0.15, 0.2) is 0 Å². The van der Waals surface area contributed by atoms with Gasteiger partial charge in [-0.25, -0.2) is 0 Å². The van der Waals surface area contributed by atoms with Gasteiger partial charge in [0.25, 0.3) is 0 Å².